The van der Waals surface area contributed by atoms with Crippen LogP contribution in [0.4, 0.5) is 0 Å². The Balaban J connectivity index is 2.91. The van der Waals surface area contributed by atoms with Gasteiger partial charge >= 0.3 is 0 Å². The van der Waals surface area contributed by atoms with Crippen molar-refractivity contribution < 1.29 is 9.47 Å². The van der Waals surface area contributed by atoms with Crippen molar-refractivity contribution in [3.63, 3.8) is 0 Å². The Hall–Kier alpha value is -1.21. The maximum Gasteiger partial charge on any atom is 0.181 e. The lowest BCUT2D eigenvalue weighted by Gasteiger charge is -2.13. The number of ether oxygens (including phenoxy) is 2. The van der Waals surface area contributed by atoms with Crippen molar-refractivity contribution in [3.8, 4) is 17.6 Å². The zero-order chi connectivity index (χ0) is 11.3. The van der Waals surface area contributed by atoms with E-state index in [1.54, 1.807) is 13.0 Å². The number of nitriles is 1. The van der Waals surface area contributed by atoms with Crippen molar-refractivity contribution in [2.45, 2.75) is 20.0 Å². The zero-order valence-electron chi connectivity index (χ0n) is 8.66. The molecule has 1 aromatic rings. The second-order valence-corrected chi connectivity index (χ2v) is 3.83. The average Bonchev–Trinajstić information content (AvgIpc) is 2.22. The number of hydrogen-bond donors (Lipinski definition) is 0. The van der Waals surface area contributed by atoms with Crippen LogP contribution in [0.3, 0.4) is 0 Å². The standard InChI is InChI=1S/C11H12BrNO2/c1-3-14-11-6-9(12)4-5-10(11)15-8(2)7-13/h4-6,8H,3H2,1-2H3. The summed E-state index contributed by atoms with van der Waals surface area (Å²) in [7, 11) is 0. The van der Waals surface area contributed by atoms with Crippen molar-refractivity contribution in [3.05, 3.63) is 22.7 Å². The van der Waals surface area contributed by atoms with Gasteiger partial charge in [0.05, 0.1) is 6.61 Å². The highest BCUT2D eigenvalue weighted by Gasteiger charge is 2.08. The van der Waals surface area contributed by atoms with Gasteiger partial charge in [-0.1, -0.05) is 15.9 Å². The van der Waals surface area contributed by atoms with Gasteiger partial charge in [-0.15, -0.1) is 0 Å². The molecule has 3 nitrogen and oxygen atoms in total. The van der Waals surface area contributed by atoms with Crippen molar-refractivity contribution in [2.24, 2.45) is 0 Å². The van der Waals surface area contributed by atoms with Gasteiger partial charge in [0.15, 0.2) is 17.6 Å². The van der Waals surface area contributed by atoms with E-state index in [2.05, 4.69) is 15.9 Å². The Kier molecular flexibility index (Phi) is 4.44. The molecule has 0 aliphatic carbocycles. The van der Waals surface area contributed by atoms with Crippen molar-refractivity contribution in [1.29, 1.82) is 5.26 Å². The number of halogens is 1. The first-order valence-electron chi connectivity index (χ1n) is 4.66. The van der Waals surface area contributed by atoms with Crippen LogP contribution in [-0.2, 0) is 0 Å². The normalized spacial score (nSPS) is 11.6. The minimum Gasteiger partial charge on any atom is -0.490 e. The van der Waals surface area contributed by atoms with Crippen molar-refractivity contribution in [1.82, 2.24) is 0 Å². The lowest BCUT2D eigenvalue weighted by molar-refractivity contribution is 0.250. The molecule has 0 heterocycles. The minimum atomic E-state index is -0.481. The summed E-state index contributed by atoms with van der Waals surface area (Å²) in [5, 5.41) is 8.65. The molecule has 0 bridgehead atoms. The van der Waals surface area contributed by atoms with E-state index in [0.29, 0.717) is 18.1 Å². The molecule has 0 aliphatic rings. The van der Waals surface area contributed by atoms with Gasteiger partial charge in [0.2, 0.25) is 0 Å². The van der Waals surface area contributed by atoms with E-state index in [-0.39, 0.29) is 0 Å². The van der Waals surface area contributed by atoms with Gasteiger partial charge in [-0.2, -0.15) is 5.26 Å². The Labute approximate surface area is 97.7 Å². The van der Waals surface area contributed by atoms with Gasteiger partial charge in [0.1, 0.15) is 6.07 Å². The zero-order valence-corrected chi connectivity index (χ0v) is 10.2. The summed E-state index contributed by atoms with van der Waals surface area (Å²) in [4.78, 5) is 0. The summed E-state index contributed by atoms with van der Waals surface area (Å²) in [6.45, 7) is 4.16. The summed E-state index contributed by atoms with van der Waals surface area (Å²) >= 11 is 3.35. The van der Waals surface area contributed by atoms with Gasteiger partial charge in [-0.3, -0.25) is 0 Å². The molecule has 0 N–H and O–H groups in total. The second-order valence-electron chi connectivity index (χ2n) is 2.91. The highest BCUT2D eigenvalue weighted by Crippen LogP contribution is 2.31. The van der Waals surface area contributed by atoms with Crippen LogP contribution in [0.25, 0.3) is 0 Å². The van der Waals surface area contributed by atoms with Gasteiger partial charge < -0.3 is 9.47 Å². The molecule has 0 fully saturated rings. The fourth-order valence-corrected chi connectivity index (χ4v) is 1.40. The first-order valence-corrected chi connectivity index (χ1v) is 5.45. The fraction of sp³-hybridized carbons (Fsp3) is 0.364. The van der Waals surface area contributed by atoms with E-state index < -0.39 is 6.10 Å². The molecule has 15 heavy (non-hydrogen) atoms. The van der Waals surface area contributed by atoms with Crippen LogP contribution in [0, 0.1) is 11.3 Å². The molecule has 4 heteroatoms. The SMILES string of the molecule is CCOc1cc(Br)ccc1OC(C)C#N. The molecule has 0 spiro atoms. The predicted molar refractivity (Wildman–Crippen MR) is 61.0 cm³/mol. The molecule has 0 amide bonds. The molecule has 0 aliphatic heterocycles. The van der Waals surface area contributed by atoms with Gasteiger partial charge in [-0.05, 0) is 32.0 Å². The van der Waals surface area contributed by atoms with Crippen LogP contribution < -0.4 is 9.47 Å². The second kappa shape index (κ2) is 5.62. The highest BCUT2D eigenvalue weighted by molar-refractivity contribution is 9.10. The predicted octanol–water partition coefficient (Wildman–Crippen LogP) is 3.14. The number of benzene rings is 1. The lowest BCUT2D eigenvalue weighted by Crippen LogP contribution is -2.09. The van der Waals surface area contributed by atoms with Crippen LogP contribution in [0.5, 0.6) is 11.5 Å². The van der Waals surface area contributed by atoms with Gasteiger partial charge in [0, 0.05) is 4.47 Å². The van der Waals surface area contributed by atoms with Crippen LogP contribution in [-0.4, -0.2) is 12.7 Å². The van der Waals surface area contributed by atoms with E-state index in [9.17, 15) is 0 Å². The van der Waals surface area contributed by atoms with E-state index in [4.69, 9.17) is 14.7 Å². The molecule has 0 radical (unpaired) electrons. The van der Waals surface area contributed by atoms with Gasteiger partial charge in [0.25, 0.3) is 0 Å². The third kappa shape index (κ3) is 3.45. The molecule has 1 aromatic carbocycles. The van der Waals surface area contributed by atoms with E-state index in [0.717, 1.165) is 4.47 Å². The van der Waals surface area contributed by atoms with E-state index in [1.165, 1.54) is 0 Å². The monoisotopic (exact) mass is 269 g/mol. The molecule has 1 rings (SSSR count). The van der Waals surface area contributed by atoms with E-state index in [1.807, 2.05) is 25.1 Å². The summed E-state index contributed by atoms with van der Waals surface area (Å²) in [6, 6.07) is 7.46. The summed E-state index contributed by atoms with van der Waals surface area (Å²) in [6.07, 6.45) is -0.481. The minimum absolute atomic E-state index is 0.481. The Bertz CT molecular complexity index is 373. The van der Waals surface area contributed by atoms with E-state index >= 15 is 0 Å². The molecule has 1 atom stereocenters. The summed E-state index contributed by atoms with van der Waals surface area (Å²) in [5.41, 5.74) is 0. The third-order valence-corrected chi connectivity index (χ3v) is 2.18. The molecule has 0 saturated heterocycles. The molecule has 0 aromatic heterocycles. The Morgan fingerprint density at radius 1 is 1.47 bits per heavy atom. The number of hydrogen-bond acceptors (Lipinski definition) is 3. The van der Waals surface area contributed by atoms with Crippen LogP contribution in [0.15, 0.2) is 22.7 Å². The maximum atomic E-state index is 8.65. The first-order chi connectivity index (χ1) is 7.17. The highest BCUT2D eigenvalue weighted by atomic mass is 79.9. The van der Waals surface area contributed by atoms with Crippen LogP contribution in [0.1, 0.15) is 13.8 Å². The Morgan fingerprint density at radius 3 is 2.80 bits per heavy atom. The van der Waals surface area contributed by atoms with Crippen molar-refractivity contribution >= 4 is 15.9 Å². The number of nitrogens with zero attached hydrogens (tertiary/aromatic N) is 1. The third-order valence-electron chi connectivity index (χ3n) is 1.69. The van der Waals surface area contributed by atoms with Gasteiger partial charge in [-0.25, -0.2) is 0 Å². The molecule has 1 unspecified atom stereocenters. The maximum absolute atomic E-state index is 8.65. The van der Waals surface area contributed by atoms with Crippen LogP contribution in [0.2, 0.25) is 0 Å². The summed E-state index contributed by atoms with van der Waals surface area (Å²) in [5.74, 6) is 1.24. The summed E-state index contributed by atoms with van der Waals surface area (Å²) < 4.78 is 11.7. The topological polar surface area (TPSA) is 42.2 Å². The molecule has 0 saturated carbocycles. The number of rotatable bonds is 4. The van der Waals surface area contributed by atoms with Crippen LogP contribution >= 0.6 is 15.9 Å². The smallest absolute Gasteiger partial charge is 0.181 e. The molecule has 80 valence electrons. The Morgan fingerprint density at radius 2 is 2.20 bits per heavy atom. The molecular weight excluding hydrogens is 258 g/mol. The average molecular weight is 270 g/mol. The lowest BCUT2D eigenvalue weighted by atomic mass is 10.3. The molecular formula is C11H12BrNO2. The quantitative estimate of drug-likeness (QED) is 0.844. The van der Waals surface area contributed by atoms with Crippen molar-refractivity contribution in [2.75, 3.05) is 6.61 Å². The first kappa shape index (κ1) is 11.9. The largest absolute Gasteiger partial charge is 0.490 e. The fourth-order valence-electron chi connectivity index (χ4n) is 1.06.